The molecule has 2 heterocycles. The van der Waals surface area contributed by atoms with Gasteiger partial charge in [-0.15, -0.1) is 0 Å². The number of aryl methyl sites for hydroxylation is 1. The lowest BCUT2D eigenvalue weighted by atomic mass is 9.54. The highest BCUT2D eigenvalue weighted by atomic mass is 16.5. The quantitative estimate of drug-likeness (QED) is 0.577. The second-order valence-corrected chi connectivity index (χ2v) is 9.01. The van der Waals surface area contributed by atoms with E-state index in [0.717, 1.165) is 36.8 Å². The van der Waals surface area contributed by atoms with E-state index in [0.29, 0.717) is 35.9 Å². The molecule has 1 aromatic heterocycles. The summed E-state index contributed by atoms with van der Waals surface area (Å²) in [4.78, 5) is 9.46. The minimum absolute atomic E-state index is 0.309. The van der Waals surface area contributed by atoms with Gasteiger partial charge < -0.3 is 19.8 Å². The third-order valence-corrected chi connectivity index (χ3v) is 7.17. The van der Waals surface area contributed by atoms with Crippen molar-refractivity contribution in [3.05, 3.63) is 41.8 Å². The van der Waals surface area contributed by atoms with Gasteiger partial charge in [0.05, 0.1) is 12.6 Å². The molecule has 5 rings (SSSR count). The summed E-state index contributed by atoms with van der Waals surface area (Å²) in [5.41, 5.74) is 3.37. The number of nitrogens with zero attached hydrogens (tertiary/aromatic N) is 2. The summed E-state index contributed by atoms with van der Waals surface area (Å²) in [7, 11) is 0. The molecule has 3 atom stereocenters. The Kier molecular flexibility index (Phi) is 5.27. The number of aliphatic imine (C=N–C) groups is 1. The number of guanidine groups is 1. The minimum atomic E-state index is 0.309. The minimum Gasteiger partial charge on any atom is -0.444 e. The number of aromatic nitrogens is 1. The first-order valence-corrected chi connectivity index (χ1v) is 11.4. The molecule has 2 aromatic rings. The van der Waals surface area contributed by atoms with Crippen LogP contribution in [-0.2, 0) is 11.3 Å². The predicted octanol–water partition coefficient (Wildman–Crippen LogP) is 4.05. The van der Waals surface area contributed by atoms with Crippen LogP contribution in [0.1, 0.15) is 50.3 Å². The predicted molar refractivity (Wildman–Crippen MR) is 117 cm³/mol. The van der Waals surface area contributed by atoms with Crippen molar-refractivity contribution < 1.29 is 9.15 Å². The van der Waals surface area contributed by atoms with Gasteiger partial charge >= 0.3 is 0 Å². The molecule has 30 heavy (non-hydrogen) atoms. The van der Waals surface area contributed by atoms with E-state index in [-0.39, 0.29) is 0 Å². The summed E-state index contributed by atoms with van der Waals surface area (Å²) in [6.07, 6.45) is 8.51. The molecule has 6 nitrogen and oxygen atoms in total. The zero-order valence-corrected chi connectivity index (χ0v) is 18.0. The highest BCUT2D eigenvalue weighted by molar-refractivity contribution is 5.80. The third-order valence-electron chi connectivity index (χ3n) is 7.17. The average Bonchev–Trinajstić information content (AvgIpc) is 3.50. The van der Waals surface area contributed by atoms with Gasteiger partial charge in [-0.25, -0.2) is 9.98 Å². The first-order valence-electron chi connectivity index (χ1n) is 11.4. The van der Waals surface area contributed by atoms with Gasteiger partial charge in [0.2, 0.25) is 5.89 Å². The topological polar surface area (TPSA) is 71.7 Å². The van der Waals surface area contributed by atoms with E-state index in [2.05, 4.69) is 41.6 Å². The van der Waals surface area contributed by atoms with Crippen molar-refractivity contribution in [2.75, 3.05) is 13.2 Å². The van der Waals surface area contributed by atoms with Gasteiger partial charge in [-0.05, 0) is 45.2 Å². The van der Waals surface area contributed by atoms with Gasteiger partial charge in [0.25, 0.3) is 0 Å². The fourth-order valence-electron chi connectivity index (χ4n) is 5.74. The summed E-state index contributed by atoms with van der Waals surface area (Å²) in [6.45, 7) is 6.42. The van der Waals surface area contributed by atoms with Crippen molar-refractivity contribution in [2.24, 2.45) is 16.3 Å². The number of ether oxygens (including phenoxy) is 1. The van der Waals surface area contributed by atoms with Crippen molar-refractivity contribution in [3.8, 4) is 11.5 Å². The van der Waals surface area contributed by atoms with E-state index in [1.54, 1.807) is 6.26 Å². The van der Waals surface area contributed by atoms with E-state index in [4.69, 9.17) is 14.1 Å². The first kappa shape index (κ1) is 19.6. The van der Waals surface area contributed by atoms with E-state index < -0.39 is 0 Å². The second-order valence-electron chi connectivity index (χ2n) is 9.01. The smallest absolute Gasteiger partial charge is 0.226 e. The van der Waals surface area contributed by atoms with Crippen LogP contribution in [0.25, 0.3) is 11.5 Å². The molecule has 6 heteroatoms. The Morgan fingerprint density at radius 1 is 1.23 bits per heavy atom. The maximum Gasteiger partial charge on any atom is 0.226 e. The molecule has 1 saturated heterocycles. The van der Waals surface area contributed by atoms with Crippen LogP contribution in [0, 0.1) is 18.3 Å². The van der Waals surface area contributed by atoms with Crippen LogP contribution in [0.3, 0.4) is 0 Å². The number of benzene rings is 1. The van der Waals surface area contributed by atoms with Crippen LogP contribution in [0.2, 0.25) is 0 Å². The van der Waals surface area contributed by atoms with E-state index in [1.165, 1.54) is 31.2 Å². The molecular weight excluding hydrogens is 376 g/mol. The van der Waals surface area contributed by atoms with Gasteiger partial charge in [-0.1, -0.05) is 30.5 Å². The maximum absolute atomic E-state index is 6.12. The Morgan fingerprint density at radius 3 is 2.80 bits per heavy atom. The van der Waals surface area contributed by atoms with Gasteiger partial charge in [0.1, 0.15) is 12.0 Å². The summed E-state index contributed by atoms with van der Waals surface area (Å²) < 4.78 is 11.8. The summed E-state index contributed by atoms with van der Waals surface area (Å²) in [6, 6.07) is 8.69. The third kappa shape index (κ3) is 3.41. The number of fused-ring (bicyclic) bond motifs is 2. The average molecular weight is 409 g/mol. The number of oxazole rings is 1. The molecule has 0 radical (unpaired) electrons. The second kappa shape index (κ2) is 8.06. The van der Waals surface area contributed by atoms with Crippen molar-refractivity contribution in [2.45, 2.75) is 64.6 Å². The Hall–Kier alpha value is -2.34. The molecule has 1 aromatic carbocycles. The molecular formula is C24H32N4O2. The lowest BCUT2D eigenvalue weighted by Gasteiger charge is -2.57. The highest BCUT2D eigenvalue weighted by Gasteiger charge is 2.65. The van der Waals surface area contributed by atoms with E-state index in [9.17, 15) is 0 Å². The normalized spacial score (nSPS) is 27.1. The van der Waals surface area contributed by atoms with Crippen molar-refractivity contribution in [1.29, 1.82) is 0 Å². The molecule has 0 amide bonds. The monoisotopic (exact) mass is 408 g/mol. The SMILES string of the molecule is CCNC(=NCc1coc(-c2ccc(C)cc2)n1)NC1C2CCOC2C12CCCC2. The Labute approximate surface area is 178 Å². The fourth-order valence-corrected chi connectivity index (χ4v) is 5.74. The molecule has 3 aliphatic rings. The lowest BCUT2D eigenvalue weighted by molar-refractivity contribution is -0.125. The van der Waals surface area contributed by atoms with Crippen LogP contribution >= 0.6 is 0 Å². The van der Waals surface area contributed by atoms with Gasteiger partial charge in [0, 0.05) is 36.1 Å². The zero-order valence-electron chi connectivity index (χ0n) is 18.0. The molecule has 160 valence electrons. The van der Waals surface area contributed by atoms with Crippen LogP contribution in [0.5, 0.6) is 0 Å². The molecule has 3 unspecified atom stereocenters. The van der Waals surface area contributed by atoms with Crippen molar-refractivity contribution in [1.82, 2.24) is 15.6 Å². The summed E-state index contributed by atoms with van der Waals surface area (Å²) >= 11 is 0. The van der Waals surface area contributed by atoms with Gasteiger partial charge in [-0.2, -0.15) is 0 Å². The van der Waals surface area contributed by atoms with Gasteiger partial charge in [-0.3, -0.25) is 0 Å². The number of nitrogens with one attached hydrogen (secondary N) is 2. The Balaban J connectivity index is 1.29. The molecule has 3 fully saturated rings. The lowest BCUT2D eigenvalue weighted by Crippen LogP contribution is -2.69. The van der Waals surface area contributed by atoms with Crippen LogP contribution in [0.15, 0.2) is 39.9 Å². The first-order chi connectivity index (χ1) is 14.7. The fraction of sp³-hybridized carbons (Fsp3) is 0.583. The zero-order chi connectivity index (χ0) is 20.6. The highest BCUT2D eigenvalue weighted by Crippen LogP contribution is 2.60. The number of hydrogen-bond acceptors (Lipinski definition) is 4. The Bertz CT molecular complexity index is 898. The molecule has 2 N–H and O–H groups in total. The van der Waals surface area contributed by atoms with Crippen LogP contribution in [-0.4, -0.2) is 36.2 Å². The van der Waals surface area contributed by atoms with Crippen LogP contribution < -0.4 is 10.6 Å². The van der Waals surface area contributed by atoms with Gasteiger partial charge in [0.15, 0.2) is 5.96 Å². The van der Waals surface area contributed by atoms with E-state index in [1.807, 2.05) is 12.1 Å². The van der Waals surface area contributed by atoms with E-state index >= 15 is 0 Å². The molecule has 1 aliphatic heterocycles. The summed E-state index contributed by atoms with van der Waals surface area (Å²) in [5.74, 6) is 2.14. The summed E-state index contributed by atoms with van der Waals surface area (Å²) in [5, 5.41) is 7.20. The van der Waals surface area contributed by atoms with Crippen molar-refractivity contribution >= 4 is 5.96 Å². The molecule has 2 aliphatic carbocycles. The maximum atomic E-state index is 6.12. The van der Waals surface area contributed by atoms with Crippen LogP contribution in [0.4, 0.5) is 0 Å². The Morgan fingerprint density at radius 2 is 2.03 bits per heavy atom. The standard InChI is InChI=1S/C24H32N4O2/c1-3-25-23(28-20-19-10-13-29-21(19)24(20)11-4-5-12-24)26-14-18-15-30-22(27-18)17-8-6-16(2)7-9-17/h6-9,15,19-21H,3-5,10-14H2,1-2H3,(H2,25,26,28). The molecule has 2 saturated carbocycles. The molecule has 0 bridgehead atoms. The number of rotatable bonds is 5. The van der Waals surface area contributed by atoms with Crippen molar-refractivity contribution in [3.63, 3.8) is 0 Å². The number of hydrogen-bond donors (Lipinski definition) is 2. The molecule has 1 spiro atoms. The largest absolute Gasteiger partial charge is 0.444 e.